The molecule has 10 heteroatoms. The number of ketones is 1. The molecule has 46 heavy (non-hydrogen) atoms. The summed E-state index contributed by atoms with van der Waals surface area (Å²) in [6.45, 7) is 17.1. The van der Waals surface area contributed by atoms with Gasteiger partial charge in [0.15, 0.2) is 0 Å². The van der Waals surface area contributed by atoms with Crippen molar-refractivity contribution in [3.63, 3.8) is 0 Å². The van der Waals surface area contributed by atoms with Crippen molar-refractivity contribution in [3.8, 4) is 0 Å². The summed E-state index contributed by atoms with van der Waals surface area (Å²) < 4.78 is 6.45. The zero-order valence-corrected chi connectivity index (χ0v) is 29.2. The van der Waals surface area contributed by atoms with Crippen LogP contribution in [-0.2, 0) is 14.3 Å². The topological polar surface area (TPSA) is 107 Å². The zero-order chi connectivity index (χ0) is 33.2. The Balaban J connectivity index is 1.17. The number of aliphatic hydroxyl groups is 1. The summed E-state index contributed by atoms with van der Waals surface area (Å²) in [5, 5.41) is 11.9. The van der Waals surface area contributed by atoms with Crippen LogP contribution in [0.5, 0.6) is 0 Å². The number of ether oxygens (including phenoxy) is 1. The predicted molar refractivity (Wildman–Crippen MR) is 183 cm³/mol. The van der Waals surface area contributed by atoms with Crippen LogP contribution in [0.4, 0.5) is 11.4 Å². The largest absolute Gasteiger partial charge is 0.461 e. The summed E-state index contributed by atoms with van der Waals surface area (Å²) in [5.74, 6) is -0.00151. The van der Waals surface area contributed by atoms with Crippen molar-refractivity contribution < 1.29 is 19.4 Å². The number of hydrogen-bond acceptors (Lipinski definition) is 10. The molecule has 0 radical (unpaired) electrons. The molecule has 9 atom stereocenters. The lowest BCUT2D eigenvalue weighted by Gasteiger charge is -2.61. The van der Waals surface area contributed by atoms with Gasteiger partial charge in [0.1, 0.15) is 23.3 Å². The molecule has 3 saturated carbocycles. The minimum absolute atomic E-state index is 0.0649. The van der Waals surface area contributed by atoms with E-state index in [-0.39, 0.29) is 51.4 Å². The number of aliphatic hydroxyl groups excluding tert-OH is 1. The van der Waals surface area contributed by atoms with Crippen LogP contribution in [0.2, 0.25) is 0 Å². The minimum Gasteiger partial charge on any atom is -0.461 e. The Hall–Kier alpha value is -2.17. The van der Waals surface area contributed by atoms with Crippen molar-refractivity contribution in [1.29, 1.82) is 0 Å². The Labute approximate surface area is 277 Å². The first-order valence-corrected chi connectivity index (χ1v) is 18.5. The predicted octanol–water partition coefficient (Wildman–Crippen LogP) is 3.64. The number of piperidine rings is 1. The lowest BCUT2D eigenvalue weighted by molar-refractivity contribution is -0.205. The van der Waals surface area contributed by atoms with Crippen molar-refractivity contribution in [2.75, 3.05) is 61.9 Å². The number of anilines is 2. The highest BCUT2D eigenvalue weighted by molar-refractivity contribution is 8.00. The van der Waals surface area contributed by atoms with Crippen LogP contribution < -0.4 is 20.7 Å². The molecule has 1 aromatic rings. The van der Waals surface area contributed by atoms with Crippen LogP contribution in [0.1, 0.15) is 72.6 Å². The van der Waals surface area contributed by atoms with E-state index >= 15 is 0 Å². The molecule has 6 rings (SSSR count). The molecule has 3 aliphatic carbocycles. The Morgan fingerprint density at radius 1 is 1.02 bits per heavy atom. The number of piperazine rings is 1. The standard InChI is InChI=1S/C36H53N3O6S/c1-7-34(4)19-26(35(5)22(2)10-12-36(23(3)33(34)44)13-11-25(40)32(35)36)45-27(41)21-46-24-9-8-14-39(20-24)29-28(30(42)31(29)43)38-17-15-37(6)16-18-38/h7,22-24,26,32-33,44H,1,8-21H2,2-6H3/t22-,23+,24?,26-,32+,33+,34-,35+,36+/m1/s1. The molecule has 5 fully saturated rings. The van der Waals surface area contributed by atoms with Crippen LogP contribution in [0.3, 0.4) is 0 Å². The molecule has 2 bridgehead atoms. The van der Waals surface area contributed by atoms with E-state index < -0.39 is 28.5 Å². The number of carbonyl (C=O) groups is 2. The first-order valence-electron chi connectivity index (χ1n) is 17.4. The SMILES string of the molecule is C=C[C@]1(C)C[C@@H](OC(=O)CSC2CCCN(c3c(N4CCN(C)CC4)c(=O)c3=O)C2)[C@]2(C)[C@H](C)CC[C@]3(CCC(=O)[C@H]32)[C@@H](C)[C@@H]1O. The average Bonchev–Trinajstić information content (AvgIpc) is 3.41. The maximum atomic E-state index is 13.7. The van der Waals surface area contributed by atoms with Gasteiger partial charge < -0.3 is 24.5 Å². The van der Waals surface area contributed by atoms with Crippen LogP contribution in [0, 0.1) is 34.0 Å². The highest BCUT2D eigenvalue weighted by Crippen LogP contribution is 2.68. The second-order valence-corrected chi connectivity index (χ2v) is 17.0. The molecule has 254 valence electrons. The molecule has 2 heterocycles. The normalized spacial score (nSPS) is 40.3. The number of likely N-dealkylation sites (N-methyl/N-ethyl adjacent to an activating group) is 1. The Morgan fingerprint density at radius 3 is 2.37 bits per heavy atom. The summed E-state index contributed by atoms with van der Waals surface area (Å²) in [5.41, 5.74) is -1.14. The van der Waals surface area contributed by atoms with E-state index in [4.69, 9.17) is 4.74 Å². The minimum atomic E-state index is -0.689. The van der Waals surface area contributed by atoms with E-state index in [1.54, 1.807) is 11.8 Å². The molecule has 1 aromatic carbocycles. The Morgan fingerprint density at radius 2 is 1.70 bits per heavy atom. The summed E-state index contributed by atoms with van der Waals surface area (Å²) in [6.07, 6.45) is 5.99. The van der Waals surface area contributed by atoms with Crippen LogP contribution in [-0.4, -0.2) is 91.3 Å². The third kappa shape index (κ3) is 5.29. The van der Waals surface area contributed by atoms with Crippen molar-refractivity contribution in [1.82, 2.24) is 4.90 Å². The van der Waals surface area contributed by atoms with Gasteiger partial charge in [-0.05, 0) is 62.8 Å². The molecular weight excluding hydrogens is 602 g/mol. The van der Waals surface area contributed by atoms with Gasteiger partial charge in [-0.1, -0.05) is 33.8 Å². The van der Waals surface area contributed by atoms with Crippen molar-refractivity contribution in [2.45, 2.75) is 90.1 Å². The molecule has 5 aliphatic rings. The number of thioether (sulfide) groups is 1. The summed E-state index contributed by atoms with van der Waals surface area (Å²) in [7, 11) is 2.06. The molecular formula is C36H53N3O6S. The number of hydrogen-bond donors (Lipinski definition) is 1. The van der Waals surface area contributed by atoms with Gasteiger partial charge in [-0.25, -0.2) is 0 Å². The fourth-order valence-electron chi connectivity index (χ4n) is 10.1. The Bertz CT molecular complexity index is 1430. The van der Waals surface area contributed by atoms with E-state index in [1.807, 2.05) is 13.0 Å². The van der Waals surface area contributed by atoms with Gasteiger partial charge in [0, 0.05) is 67.7 Å². The smallest absolute Gasteiger partial charge is 0.316 e. The molecule has 0 amide bonds. The van der Waals surface area contributed by atoms with Crippen LogP contribution >= 0.6 is 11.8 Å². The molecule has 9 nitrogen and oxygen atoms in total. The van der Waals surface area contributed by atoms with Crippen molar-refractivity contribution >= 4 is 34.9 Å². The van der Waals surface area contributed by atoms with Gasteiger partial charge in [-0.3, -0.25) is 19.2 Å². The van der Waals surface area contributed by atoms with Gasteiger partial charge in [-0.2, -0.15) is 0 Å². The number of esters is 1. The lowest BCUT2D eigenvalue weighted by atomic mass is 9.44. The van der Waals surface area contributed by atoms with E-state index in [0.717, 1.165) is 64.8 Å². The molecule has 2 aliphatic heterocycles. The average molecular weight is 656 g/mol. The fraction of sp³-hybridized carbons (Fsp3) is 0.778. The highest BCUT2D eigenvalue weighted by atomic mass is 32.2. The monoisotopic (exact) mass is 655 g/mol. The van der Waals surface area contributed by atoms with Crippen LogP contribution in [0.25, 0.3) is 0 Å². The van der Waals surface area contributed by atoms with Crippen molar-refractivity contribution in [3.05, 3.63) is 33.1 Å². The van der Waals surface area contributed by atoms with Crippen LogP contribution in [0.15, 0.2) is 22.2 Å². The molecule has 0 spiro atoms. The maximum absolute atomic E-state index is 13.7. The maximum Gasteiger partial charge on any atom is 0.316 e. The Kier molecular flexibility index (Phi) is 9.07. The number of carbonyl (C=O) groups excluding carboxylic acids is 2. The quantitative estimate of drug-likeness (QED) is 0.266. The third-order valence-electron chi connectivity index (χ3n) is 13.4. The highest BCUT2D eigenvalue weighted by Gasteiger charge is 2.68. The fourth-order valence-corrected chi connectivity index (χ4v) is 11.2. The summed E-state index contributed by atoms with van der Waals surface area (Å²) >= 11 is 1.55. The number of nitrogens with zero attached hydrogens (tertiary/aromatic N) is 3. The number of Topliss-reactive ketones (excluding diaryl/α,β-unsaturated/α-hetero) is 1. The zero-order valence-electron chi connectivity index (χ0n) is 28.4. The summed E-state index contributed by atoms with van der Waals surface area (Å²) in [4.78, 5) is 59.1. The first-order chi connectivity index (χ1) is 21.8. The van der Waals surface area contributed by atoms with E-state index in [2.05, 4.69) is 49.1 Å². The van der Waals surface area contributed by atoms with E-state index in [9.17, 15) is 24.3 Å². The van der Waals surface area contributed by atoms with E-state index in [1.165, 1.54) is 0 Å². The van der Waals surface area contributed by atoms with Crippen molar-refractivity contribution in [2.24, 2.45) is 34.0 Å². The molecule has 0 aromatic heterocycles. The number of rotatable bonds is 7. The van der Waals surface area contributed by atoms with Gasteiger partial charge in [0.05, 0.1) is 11.9 Å². The van der Waals surface area contributed by atoms with Gasteiger partial charge in [-0.15, -0.1) is 18.3 Å². The first kappa shape index (κ1) is 33.7. The molecule has 2 saturated heterocycles. The third-order valence-corrected chi connectivity index (χ3v) is 14.6. The van der Waals surface area contributed by atoms with Gasteiger partial charge in [0.25, 0.3) is 10.9 Å². The van der Waals surface area contributed by atoms with Gasteiger partial charge >= 0.3 is 5.97 Å². The molecule has 1 N–H and O–H groups in total. The van der Waals surface area contributed by atoms with E-state index in [0.29, 0.717) is 30.8 Å². The summed E-state index contributed by atoms with van der Waals surface area (Å²) in [6, 6.07) is 0. The second-order valence-electron chi connectivity index (χ2n) is 15.7. The lowest BCUT2D eigenvalue weighted by Crippen LogP contribution is -2.63. The van der Waals surface area contributed by atoms with Gasteiger partial charge in [0.2, 0.25) is 0 Å². The second kappa shape index (κ2) is 12.4. The molecule has 1 unspecified atom stereocenters.